The zero-order chi connectivity index (χ0) is 14.9. The topological polar surface area (TPSA) is 66.8 Å². The van der Waals surface area contributed by atoms with E-state index in [1.165, 1.54) is 4.90 Å². The van der Waals surface area contributed by atoms with Crippen molar-refractivity contribution >= 4 is 35.1 Å². The van der Waals surface area contributed by atoms with E-state index >= 15 is 0 Å². The number of nitrogens with zero attached hydrogens (tertiary/aromatic N) is 1. The van der Waals surface area contributed by atoms with Crippen molar-refractivity contribution in [3.05, 3.63) is 33.8 Å². The lowest BCUT2D eigenvalue weighted by Crippen LogP contribution is -2.63. The van der Waals surface area contributed by atoms with Gasteiger partial charge in [0.1, 0.15) is 12.2 Å². The summed E-state index contributed by atoms with van der Waals surface area (Å²) in [6.45, 7) is 1.99. The summed E-state index contributed by atoms with van der Waals surface area (Å²) in [6, 6.07) is 4.86. The molecule has 1 aromatic rings. The number of benzene rings is 1. The zero-order valence-corrected chi connectivity index (χ0v) is 12.2. The highest BCUT2D eigenvalue weighted by molar-refractivity contribution is 6.39. The number of carbonyl (C=O) groups is 2. The molecule has 5 nitrogen and oxygen atoms in total. The Balaban J connectivity index is 2.02. The van der Waals surface area contributed by atoms with Gasteiger partial charge in [-0.2, -0.15) is 0 Å². The van der Waals surface area contributed by atoms with Gasteiger partial charge in [-0.1, -0.05) is 29.3 Å². The second-order valence-electron chi connectivity index (χ2n) is 4.89. The Bertz CT molecular complexity index is 535. The van der Waals surface area contributed by atoms with Crippen LogP contribution in [-0.2, 0) is 9.53 Å². The van der Waals surface area contributed by atoms with E-state index in [1.54, 1.807) is 25.1 Å². The van der Waals surface area contributed by atoms with E-state index in [0.29, 0.717) is 23.1 Å². The highest BCUT2D eigenvalue weighted by Gasteiger charge is 2.43. The molecule has 0 bridgehead atoms. The minimum absolute atomic E-state index is 0.260. The lowest BCUT2D eigenvalue weighted by Gasteiger charge is -2.47. The number of aliphatic carboxylic acids is 1. The number of ether oxygens (including phenoxy) is 1. The first kappa shape index (κ1) is 15.1. The van der Waals surface area contributed by atoms with E-state index in [1.807, 2.05) is 0 Å². The average molecular weight is 318 g/mol. The van der Waals surface area contributed by atoms with Crippen LogP contribution < -0.4 is 0 Å². The summed E-state index contributed by atoms with van der Waals surface area (Å²) in [5.74, 6) is -1.32. The number of halogens is 2. The van der Waals surface area contributed by atoms with Gasteiger partial charge in [0.25, 0.3) is 5.91 Å². The van der Waals surface area contributed by atoms with Gasteiger partial charge in [0.15, 0.2) is 0 Å². The lowest BCUT2D eigenvalue weighted by molar-refractivity contribution is -0.159. The fourth-order valence-electron chi connectivity index (χ4n) is 2.09. The Hall–Kier alpha value is -1.30. The Labute approximate surface area is 126 Å². The summed E-state index contributed by atoms with van der Waals surface area (Å²) >= 11 is 12.0. The number of amides is 1. The predicted octanol–water partition coefficient (Wildman–Crippen LogP) is 2.31. The summed E-state index contributed by atoms with van der Waals surface area (Å²) in [5, 5.41) is 9.17. The number of carboxylic acids is 1. The van der Waals surface area contributed by atoms with E-state index in [0.717, 1.165) is 0 Å². The lowest BCUT2D eigenvalue weighted by atomic mass is 9.95. The van der Waals surface area contributed by atoms with Crippen molar-refractivity contribution in [1.82, 2.24) is 4.90 Å². The first-order chi connectivity index (χ1) is 9.32. The number of carboxylic acid groups (broad SMARTS) is 1. The number of carbonyl (C=O) groups excluding carboxylic acids is 1. The molecule has 1 fully saturated rings. The van der Waals surface area contributed by atoms with Gasteiger partial charge in [-0.25, -0.2) is 4.79 Å². The SMILES string of the molecule is CC1(OCC(=O)O)CN(C(=O)c2c(Cl)cccc2Cl)C1. The van der Waals surface area contributed by atoms with Crippen molar-refractivity contribution in [3.8, 4) is 0 Å². The van der Waals surface area contributed by atoms with Crippen molar-refractivity contribution in [2.75, 3.05) is 19.7 Å². The van der Waals surface area contributed by atoms with Crippen LogP contribution in [0.1, 0.15) is 17.3 Å². The zero-order valence-electron chi connectivity index (χ0n) is 10.7. The van der Waals surface area contributed by atoms with Crippen molar-refractivity contribution < 1.29 is 19.4 Å². The van der Waals surface area contributed by atoms with Gasteiger partial charge in [-0.05, 0) is 19.1 Å². The average Bonchev–Trinajstić information content (AvgIpc) is 2.32. The van der Waals surface area contributed by atoms with Gasteiger partial charge in [0.2, 0.25) is 0 Å². The minimum atomic E-state index is -1.04. The maximum atomic E-state index is 12.3. The highest BCUT2D eigenvalue weighted by Crippen LogP contribution is 2.31. The summed E-state index contributed by atoms with van der Waals surface area (Å²) in [5.41, 5.74) is -0.377. The fourth-order valence-corrected chi connectivity index (χ4v) is 2.65. The third-order valence-corrected chi connectivity index (χ3v) is 3.69. The molecule has 0 aromatic heterocycles. The van der Waals surface area contributed by atoms with Crippen LogP contribution in [0, 0.1) is 0 Å². The van der Waals surface area contributed by atoms with Gasteiger partial charge >= 0.3 is 5.97 Å². The van der Waals surface area contributed by atoms with Gasteiger partial charge in [0.05, 0.1) is 28.7 Å². The van der Waals surface area contributed by atoms with Crippen molar-refractivity contribution in [2.24, 2.45) is 0 Å². The van der Waals surface area contributed by atoms with Crippen molar-refractivity contribution in [3.63, 3.8) is 0 Å². The van der Waals surface area contributed by atoms with E-state index in [9.17, 15) is 9.59 Å². The highest BCUT2D eigenvalue weighted by atomic mass is 35.5. The van der Waals surface area contributed by atoms with E-state index in [2.05, 4.69) is 0 Å². The van der Waals surface area contributed by atoms with Crippen molar-refractivity contribution in [1.29, 1.82) is 0 Å². The van der Waals surface area contributed by atoms with E-state index in [-0.39, 0.29) is 18.1 Å². The summed E-state index contributed by atoms with van der Waals surface area (Å²) in [6.07, 6.45) is 0. The first-order valence-electron chi connectivity index (χ1n) is 5.91. The van der Waals surface area contributed by atoms with E-state index < -0.39 is 11.6 Å². The van der Waals surface area contributed by atoms with E-state index in [4.69, 9.17) is 33.0 Å². The van der Waals surface area contributed by atoms with Crippen LogP contribution in [0.3, 0.4) is 0 Å². The molecular formula is C13H13Cl2NO4. The minimum Gasteiger partial charge on any atom is -0.480 e. The molecule has 1 aliphatic rings. The van der Waals surface area contributed by atoms with Gasteiger partial charge < -0.3 is 14.7 Å². The molecule has 1 saturated heterocycles. The third-order valence-electron chi connectivity index (χ3n) is 3.06. The molecule has 0 aliphatic carbocycles. The summed E-state index contributed by atoms with van der Waals surface area (Å²) in [4.78, 5) is 24.3. The van der Waals surface area contributed by atoms with Crippen molar-refractivity contribution in [2.45, 2.75) is 12.5 Å². The molecule has 0 spiro atoms. The van der Waals surface area contributed by atoms with Crippen LogP contribution in [0.25, 0.3) is 0 Å². The van der Waals surface area contributed by atoms with Crippen LogP contribution in [0.5, 0.6) is 0 Å². The second kappa shape index (κ2) is 5.60. The third kappa shape index (κ3) is 3.06. The molecule has 7 heteroatoms. The molecule has 2 rings (SSSR count). The molecule has 1 amide bonds. The molecule has 0 radical (unpaired) electrons. The number of likely N-dealkylation sites (tertiary alicyclic amines) is 1. The predicted molar refractivity (Wildman–Crippen MR) is 74.4 cm³/mol. The molecule has 1 heterocycles. The summed E-state index contributed by atoms with van der Waals surface area (Å²) < 4.78 is 5.24. The molecule has 1 aromatic carbocycles. The molecule has 0 saturated carbocycles. The molecule has 108 valence electrons. The van der Waals surface area contributed by atoms with Gasteiger partial charge in [0, 0.05) is 0 Å². The Morgan fingerprint density at radius 2 is 1.90 bits per heavy atom. The van der Waals surface area contributed by atoms with Crippen LogP contribution in [0.4, 0.5) is 0 Å². The normalized spacial score (nSPS) is 16.6. The largest absolute Gasteiger partial charge is 0.480 e. The number of hydrogen-bond acceptors (Lipinski definition) is 3. The molecule has 1 N–H and O–H groups in total. The molecule has 0 atom stereocenters. The Morgan fingerprint density at radius 3 is 2.40 bits per heavy atom. The molecular weight excluding hydrogens is 305 g/mol. The molecule has 20 heavy (non-hydrogen) atoms. The van der Waals surface area contributed by atoms with Gasteiger partial charge in [-0.15, -0.1) is 0 Å². The van der Waals surface area contributed by atoms with Crippen LogP contribution in [0.15, 0.2) is 18.2 Å². The number of hydrogen-bond donors (Lipinski definition) is 1. The summed E-state index contributed by atoms with van der Waals surface area (Å²) in [7, 11) is 0. The smallest absolute Gasteiger partial charge is 0.329 e. The molecule has 0 unspecified atom stereocenters. The monoisotopic (exact) mass is 317 g/mol. The second-order valence-corrected chi connectivity index (χ2v) is 5.70. The Morgan fingerprint density at radius 1 is 1.35 bits per heavy atom. The van der Waals surface area contributed by atoms with Crippen LogP contribution in [-0.4, -0.2) is 47.2 Å². The Kier molecular flexibility index (Phi) is 4.22. The van der Waals surface area contributed by atoms with Crippen LogP contribution >= 0.6 is 23.2 Å². The van der Waals surface area contributed by atoms with Gasteiger partial charge in [-0.3, -0.25) is 4.79 Å². The first-order valence-corrected chi connectivity index (χ1v) is 6.67. The fraction of sp³-hybridized carbons (Fsp3) is 0.385. The maximum absolute atomic E-state index is 12.3. The maximum Gasteiger partial charge on any atom is 0.329 e. The quantitative estimate of drug-likeness (QED) is 0.925. The molecule has 1 aliphatic heterocycles. The van der Waals surface area contributed by atoms with Crippen LogP contribution in [0.2, 0.25) is 10.0 Å². The number of rotatable bonds is 4. The standard InChI is InChI=1S/C13H13Cl2NO4/c1-13(20-5-10(17)18)6-16(7-13)12(19)11-8(14)3-2-4-9(11)15/h2-4H,5-7H2,1H3,(H,17,18).